The number of carbonyl (C=O) groups is 1. The molecule has 0 aliphatic heterocycles. The Bertz CT molecular complexity index is 391. The Morgan fingerprint density at radius 1 is 1.28 bits per heavy atom. The summed E-state index contributed by atoms with van der Waals surface area (Å²) in [4.78, 5) is 12.1. The number of hydrogen-bond acceptors (Lipinski definition) is 1. The van der Waals surface area contributed by atoms with Crippen LogP contribution in [0.2, 0.25) is 0 Å². The van der Waals surface area contributed by atoms with Crippen molar-refractivity contribution in [3.63, 3.8) is 0 Å². The zero-order valence-corrected chi connectivity index (χ0v) is 13.0. The highest BCUT2D eigenvalue weighted by molar-refractivity contribution is 9.09. The Kier molecular flexibility index (Phi) is 5.86. The van der Waals surface area contributed by atoms with Crippen molar-refractivity contribution in [2.24, 2.45) is 5.41 Å². The number of hydrogen-bond donors (Lipinski definition) is 1. The molecule has 0 atom stereocenters. The van der Waals surface area contributed by atoms with Gasteiger partial charge in [0.15, 0.2) is 0 Å². The van der Waals surface area contributed by atoms with Crippen LogP contribution in [0.3, 0.4) is 0 Å². The van der Waals surface area contributed by atoms with E-state index in [0.29, 0.717) is 0 Å². The first-order valence-corrected chi connectivity index (χ1v) is 7.60. The van der Waals surface area contributed by atoms with Crippen LogP contribution in [0, 0.1) is 12.3 Å². The van der Waals surface area contributed by atoms with Crippen LogP contribution in [0.25, 0.3) is 0 Å². The Morgan fingerprint density at radius 3 is 2.39 bits per heavy atom. The summed E-state index contributed by atoms with van der Waals surface area (Å²) in [6.45, 7) is 7.03. The van der Waals surface area contributed by atoms with Crippen LogP contribution in [-0.4, -0.2) is 17.8 Å². The van der Waals surface area contributed by atoms with Crippen LogP contribution < -0.4 is 5.32 Å². The smallest absolute Gasteiger partial charge is 0.251 e. The molecule has 0 aliphatic carbocycles. The minimum absolute atomic E-state index is 0.0281. The van der Waals surface area contributed by atoms with Gasteiger partial charge in [-0.25, -0.2) is 0 Å². The summed E-state index contributed by atoms with van der Waals surface area (Å²) in [6, 6.07) is 7.69. The third-order valence-corrected chi connectivity index (χ3v) is 4.99. The molecule has 1 aromatic carbocycles. The molecular formula is C15H22BrNO. The predicted octanol–water partition coefficient (Wildman–Crippen LogP) is 3.93. The van der Waals surface area contributed by atoms with Crippen molar-refractivity contribution in [2.75, 3.05) is 11.9 Å². The highest BCUT2D eigenvalue weighted by atomic mass is 79.9. The maximum atomic E-state index is 12.1. The van der Waals surface area contributed by atoms with E-state index in [0.717, 1.165) is 35.8 Å². The molecule has 0 aromatic heterocycles. The lowest BCUT2D eigenvalue weighted by Crippen LogP contribution is -2.38. The van der Waals surface area contributed by atoms with Crippen molar-refractivity contribution < 1.29 is 4.79 Å². The van der Waals surface area contributed by atoms with Gasteiger partial charge >= 0.3 is 0 Å². The van der Waals surface area contributed by atoms with E-state index in [2.05, 4.69) is 35.1 Å². The van der Waals surface area contributed by atoms with Crippen LogP contribution in [0.1, 0.15) is 42.6 Å². The van der Waals surface area contributed by atoms with Crippen molar-refractivity contribution in [2.45, 2.75) is 33.6 Å². The van der Waals surface area contributed by atoms with Gasteiger partial charge in [-0.2, -0.15) is 0 Å². The second kappa shape index (κ2) is 6.93. The summed E-state index contributed by atoms with van der Waals surface area (Å²) in [6.07, 6.45) is 2.12. The predicted molar refractivity (Wildman–Crippen MR) is 80.3 cm³/mol. The fourth-order valence-corrected chi connectivity index (χ4v) is 2.92. The van der Waals surface area contributed by atoms with Gasteiger partial charge in [0.2, 0.25) is 0 Å². The fourth-order valence-electron chi connectivity index (χ4n) is 1.93. The minimum atomic E-state index is 0.0281. The zero-order valence-electron chi connectivity index (χ0n) is 11.4. The van der Waals surface area contributed by atoms with Crippen molar-refractivity contribution in [1.29, 1.82) is 0 Å². The molecule has 1 aromatic rings. The van der Waals surface area contributed by atoms with Gasteiger partial charge in [-0.3, -0.25) is 4.79 Å². The third kappa shape index (κ3) is 3.58. The molecule has 0 bridgehead atoms. The minimum Gasteiger partial charge on any atom is -0.351 e. The van der Waals surface area contributed by atoms with Gasteiger partial charge in [0, 0.05) is 17.4 Å². The van der Waals surface area contributed by atoms with Gasteiger partial charge < -0.3 is 5.32 Å². The molecule has 0 heterocycles. The number of aryl methyl sites for hydroxylation is 1. The van der Waals surface area contributed by atoms with Gasteiger partial charge in [0.05, 0.1) is 0 Å². The summed E-state index contributed by atoms with van der Waals surface area (Å²) in [5, 5.41) is 3.98. The van der Waals surface area contributed by atoms with Gasteiger partial charge in [-0.15, -0.1) is 0 Å². The number of amides is 1. The van der Waals surface area contributed by atoms with E-state index in [1.807, 2.05) is 31.2 Å². The second-order valence-electron chi connectivity index (χ2n) is 4.84. The molecule has 0 saturated heterocycles. The summed E-state index contributed by atoms with van der Waals surface area (Å²) in [5.41, 5.74) is 1.96. The first-order chi connectivity index (χ1) is 8.58. The van der Waals surface area contributed by atoms with Crippen molar-refractivity contribution in [3.05, 3.63) is 35.4 Å². The van der Waals surface area contributed by atoms with Crippen LogP contribution in [0.5, 0.6) is 0 Å². The highest BCUT2D eigenvalue weighted by Crippen LogP contribution is 2.27. The Hall–Kier alpha value is -0.830. The first-order valence-electron chi connectivity index (χ1n) is 6.48. The second-order valence-corrected chi connectivity index (χ2v) is 5.40. The van der Waals surface area contributed by atoms with Crippen molar-refractivity contribution in [1.82, 2.24) is 5.32 Å². The molecule has 0 aliphatic rings. The van der Waals surface area contributed by atoms with E-state index in [1.165, 1.54) is 0 Å². The molecule has 0 saturated carbocycles. The standard InChI is InChI=1S/C15H22BrNO/c1-4-15(5-2,10-16)11-17-14(18)13-9-7-6-8-12(13)3/h6-9H,4-5,10-11H2,1-3H3,(H,17,18). The Labute approximate surface area is 118 Å². The lowest BCUT2D eigenvalue weighted by Gasteiger charge is -2.29. The normalized spacial score (nSPS) is 11.3. The average molecular weight is 312 g/mol. The van der Waals surface area contributed by atoms with E-state index in [4.69, 9.17) is 0 Å². The molecule has 0 fully saturated rings. The lowest BCUT2D eigenvalue weighted by molar-refractivity contribution is 0.0932. The summed E-state index contributed by atoms with van der Waals surface area (Å²) in [5.74, 6) is 0.0281. The molecule has 18 heavy (non-hydrogen) atoms. The number of rotatable bonds is 6. The molecule has 1 amide bonds. The van der Waals surface area contributed by atoms with E-state index in [-0.39, 0.29) is 11.3 Å². The van der Waals surface area contributed by atoms with Crippen LogP contribution in [0.15, 0.2) is 24.3 Å². The van der Waals surface area contributed by atoms with Gasteiger partial charge in [-0.1, -0.05) is 48.0 Å². The number of alkyl halides is 1. The summed E-state index contributed by atoms with van der Waals surface area (Å²) < 4.78 is 0. The molecule has 1 rings (SSSR count). The fraction of sp³-hybridized carbons (Fsp3) is 0.533. The van der Waals surface area contributed by atoms with Crippen LogP contribution >= 0.6 is 15.9 Å². The van der Waals surface area contributed by atoms with Crippen LogP contribution in [-0.2, 0) is 0 Å². The quantitative estimate of drug-likeness (QED) is 0.792. The highest BCUT2D eigenvalue weighted by Gasteiger charge is 2.25. The lowest BCUT2D eigenvalue weighted by atomic mass is 9.84. The topological polar surface area (TPSA) is 29.1 Å². The van der Waals surface area contributed by atoms with Crippen molar-refractivity contribution in [3.8, 4) is 0 Å². The average Bonchev–Trinajstić information content (AvgIpc) is 2.41. The molecule has 1 N–H and O–H groups in total. The van der Waals surface area contributed by atoms with Gasteiger partial charge in [0.1, 0.15) is 0 Å². The largest absolute Gasteiger partial charge is 0.351 e. The molecule has 0 unspecified atom stereocenters. The first kappa shape index (κ1) is 15.2. The zero-order chi connectivity index (χ0) is 13.6. The maximum Gasteiger partial charge on any atom is 0.251 e. The van der Waals surface area contributed by atoms with Gasteiger partial charge in [0.25, 0.3) is 5.91 Å². The molecule has 2 nitrogen and oxygen atoms in total. The number of halogens is 1. The number of benzene rings is 1. The maximum absolute atomic E-state index is 12.1. The monoisotopic (exact) mass is 311 g/mol. The van der Waals surface area contributed by atoms with Gasteiger partial charge in [-0.05, 0) is 36.8 Å². The summed E-state index contributed by atoms with van der Waals surface area (Å²) in [7, 11) is 0. The summed E-state index contributed by atoms with van der Waals surface area (Å²) >= 11 is 3.56. The Morgan fingerprint density at radius 2 is 1.89 bits per heavy atom. The third-order valence-electron chi connectivity index (χ3n) is 3.80. The van der Waals surface area contributed by atoms with Crippen molar-refractivity contribution >= 4 is 21.8 Å². The molecule has 0 radical (unpaired) electrons. The SMILES string of the molecule is CCC(CC)(CBr)CNC(=O)c1ccccc1C. The van der Waals surface area contributed by atoms with E-state index in [1.54, 1.807) is 0 Å². The number of carbonyl (C=O) groups excluding carboxylic acids is 1. The molecule has 0 spiro atoms. The Balaban J connectivity index is 2.69. The molecular weight excluding hydrogens is 290 g/mol. The van der Waals surface area contributed by atoms with E-state index < -0.39 is 0 Å². The molecule has 100 valence electrons. The van der Waals surface area contributed by atoms with E-state index >= 15 is 0 Å². The van der Waals surface area contributed by atoms with E-state index in [9.17, 15) is 4.79 Å². The number of nitrogens with one attached hydrogen (secondary N) is 1. The van der Waals surface area contributed by atoms with Crippen LogP contribution in [0.4, 0.5) is 0 Å². The molecule has 3 heteroatoms.